The maximum Gasteiger partial charge on any atom is 0.335 e. The Hall–Kier alpha value is -3.78. The lowest BCUT2D eigenvalue weighted by Gasteiger charge is -2.26. The van der Waals surface area contributed by atoms with Gasteiger partial charge in [-0.1, -0.05) is 38.0 Å². The van der Waals surface area contributed by atoms with E-state index < -0.39 is 11.9 Å². The molecule has 5 rings (SSSR count). The number of aryl methyl sites for hydroxylation is 2. The van der Waals surface area contributed by atoms with Crippen molar-refractivity contribution in [3.63, 3.8) is 0 Å². The number of hydrogen-bond acceptors (Lipinski definition) is 6. The van der Waals surface area contributed by atoms with E-state index in [1.165, 1.54) is 6.42 Å². The van der Waals surface area contributed by atoms with E-state index in [-0.39, 0.29) is 18.2 Å². The van der Waals surface area contributed by atoms with Crippen LogP contribution in [-0.4, -0.2) is 31.6 Å². The molecule has 7 nitrogen and oxygen atoms in total. The zero-order chi connectivity index (χ0) is 26.1. The number of nitrogens with zero attached hydrogens (tertiary/aromatic N) is 3. The highest BCUT2D eigenvalue weighted by atomic mass is 32.1. The monoisotopic (exact) mass is 515 g/mol. The number of carboxylic acids is 1. The molecule has 0 amide bonds. The molecule has 1 N–H and O–H groups in total. The number of ether oxygens (including phenoxy) is 1. The van der Waals surface area contributed by atoms with Gasteiger partial charge in [0.05, 0.1) is 38.9 Å². The number of thiazole rings is 1. The number of hydrogen-bond donors (Lipinski definition) is 1. The van der Waals surface area contributed by atoms with Crippen LogP contribution in [0.2, 0.25) is 0 Å². The molecule has 0 saturated heterocycles. The van der Waals surface area contributed by atoms with Crippen molar-refractivity contribution in [2.75, 3.05) is 0 Å². The van der Waals surface area contributed by atoms with Crippen LogP contribution in [0.5, 0.6) is 5.75 Å². The molecule has 0 unspecified atom stereocenters. The van der Waals surface area contributed by atoms with Crippen molar-refractivity contribution in [3.05, 3.63) is 65.4 Å². The van der Waals surface area contributed by atoms with Gasteiger partial charge in [-0.25, -0.2) is 14.8 Å². The summed E-state index contributed by atoms with van der Waals surface area (Å²) in [6.07, 6.45) is 8.03. The van der Waals surface area contributed by atoms with Gasteiger partial charge in [0.15, 0.2) is 5.75 Å². The summed E-state index contributed by atoms with van der Waals surface area (Å²) in [6.45, 7) is 7.47. The summed E-state index contributed by atoms with van der Waals surface area (Å²) in [4.78, 5) is 34.4. The van der Waals surface area contributed by atoms with Gasteiger partial charge in [0.25, 0.3) is 0 Å². The number of aliphatic carboxylic acids is 1. The van der Waals surface area contributed by atoms with E-state index in [0.29, 0.717) is 5.56 Å². The number of aromatic nitrogens is 3. The summed E-state index contributed by atoms with van der Waals surface area (Å²) in [5.74, 6) is -1.32. The maximum absolute atomic E-state index is 12.1. The summed E-state index contributed by atoms with van der Waals surface area (Å²) in [6, 6.07) is 10.2. The molecule has 0 spiro atoms. The van der Waals surface area contributed by atoms with E-state index in [9.17, 15) is 14.7 Å². The molecule has 0 radical (unpaired) electrons. The second kappa shape index (κ2) is 10.3. The summed E-state index contributed by atoms with van der Waals surface area (Å²) < 4.78 is 7.66. The fourth-order valence-electron chi connectivity index (χ4n) is 5.24. The minimum atomic E-state index is -0.985. The smallest absolute Gasteiger partial charge is 0.335 e. The lowest BCUT2D eigenvalue weighted by atomic mass is 9.94. The van der Waals surface area contributed by atoms with Crippen molar-refractivity contribution in [2.45, 2.75) is 58.4 Å². The van der Waals surface area contributed by atoms with Gasteiger partial charge in [0.2, 0.25) is 0 Å². The normalized spacial score (nSPS) is 14.1. The molecule has 8 heteroatoms. The highest BCUT2D eigenvalue weighted by molar-refractivity contribution is 7.15. The molecular weight excluding hydrogens is 486 g/mol. The largest absolute Gasteiger partial charge is 0.481 e. The van der Waals surface area contributed by atoms with Gasteiger partial charge >= 0.3 is 11.9 Å². The molecule has 1 aliphatic carbocycles. The van der Waals surface area contributed by atoms with Crippen LogP contribution in [0.1, 0.15) is 54.4 Å². The van der Waals surface area contributed by atoms with Gasteiger partial charge in [-0.3, -0.25) is 4.79 Å². The number of rotatable bonds is 7. The summed E-state index contributed by atoms with van der Waals surface area (Å²) >= 11 is 1.63. The molecule has 190 valence electrons. The van der Waals surface area contributed by atoms with Crippen LogP contribution in [0.4, 0.5) is 0 Å². The van der Waals surface area contributed by atoms with E-state index in [1.807, 2.05) is 44.2 Å². The third-order valence-corrected chi connectivity index (χ3v) is 7.97. The van der Waals surface area contributed by atoms with Crippen LogP contribution < -0.4 is 4.74 Å². The molecule has 0 bridgehead atoms. The number of fused-ring (bicyclic) bond motifs is 1. The van der Waals surface area contributed by atoms with Crippen molar-refractivity contribution >= 4 is 34.2 Å². The van der Waals surface area contributed by atoms with Gasteiger partial charge in [-0.05, 0) is 50.5 Å². The number of pyridine rings is 1. The lowest BCUT2D eigenvalue weighted by Crippen LogP contribution is -2.13. The minimum Gasteiger partial charge on any atom is -0.481 e. The quantitative estimate of drug-likeness (QED) is 0.218. The zero-order valence-electron chi connectivity index (χ0n) is 21.0. The average Bonchev–Trinajstić information content (AvgIpc) is 3.42. The Morgan fingerprint density at radius 3 is 2.62 bits per heavy atom. The van der Waals surface area contributed by atoms with Crippen molar-refractivity contribution in [1.29, 1.82) is 0 Å². The van der Waals surface area contributed by atoms with Crippen molar-refractivity contribution in [3.8, 4) is 27.6 Å². The van der Waals surface area contributed by atoms with Crippen LogP contribution >= 0.6 is 11.3 Å². The van der Waals surface area contributed by atoms with E-state index in [4.69, 9.17) is 9.72 Å². The molecular formula is C29H29N3O4S. The third-order valence-electron chi connectivity index (χ3n) is 6.87. The summed E-state index contributed by atoms with van der Waals surface area (Å²) in [5.41, 5.74) is 4.85. The van der Waals surface area contributed by atoms with Crippen LogP contribution in [0.15, 0.2) is 49.2 Å². The molecule has 0 aliphatic heterocycles. The first-order chi connectivity index (χ1) is 17.8. The first-order valence-corrected chi connectivity index (χ1v) is 13.3. The number of esters is 1. The highest BCUT2D eigenvalue weighted by Crippen LogP contribution is 2.41. The molecule has 1 aliphatic rings. The summed E-state index contributed by atoms with van der Waals surface area (Å²) in [7, 11) is 0. The lowest BCUT2D eigenvalue weighted by molar-refractivity contribution is -0.136. The first-order valence-electron chi connectivity index (χ1n) is 12.5. The van der Waals surface area contributed by atoms with Crippen LogP contribution in [0.25, 0.3) is 32.7 Å². The fourth-order valence-corrected chi connectivity index (χ4v) is 6.13. The second-order valence-electron chi connectivity index (χ2n) is 9.47. The Balaban J connectivity index is 1.64. The standard InChI is InChI=1S/C29H29N3O4S/c1-4-27(35)36-25-16-32(21-8-6-5-7-9-21)28(22(25)15-26(33)34)20-11-12-23-19(14-20)10-13-24(31-23)29-17(2)30-18(3)37-29/h4,10-14,16,21H,1,5-9,15H2,2-3H3,(H,33,34). The SMILES string of the molecule is C=CC(=O)Oc1cn(C2CCCCC2)c(-c2ccc3nc(-c4sc(C)nc4C)ccc3c2)c1CC(=O)O. The van der Waals surface area contributed by atoms with E-state index in [2.05, 4.69) is 16.1 Å². The Labute approximate surface area is 219 Å². The minimum absolute atomic E-state index is 0.209. The third kappa shape index (κ3) is 5.06. The Kier molecular flexibility index (Phi) is 6.93. The van der Waals surface area contributed by atoms with Gasteiger partial charge in [-0.15, -0.1) is 11.3 Å². The van der Waals surface area contributed by atoms with Crippen molar-refractivity contribution in [1.82, 2.24) is 14.5 Å². The molecule has 1 fully saturated rings. The molecule has 1 saturated carbocycles. The van der Waals surface area contributed by atoms with E-state index >= 15 is 0 Å². The van der Waals surface area contributed by atoms with Crippen LogP contribution in [0.3, 0.4) is 0 Å². The van der Waals surface area contributed by atoms with Crippen LogP contribution in [-0.2, 0) is 16.0 Å². The average molecular weight is 516 g/mol. The molecule has 1 aromatic carbocycles. The predicted octanol–water partition coefficient (Wildman–Crippen LogP) is 6.67. The van der Waals surface area contributed by atoms with Crippen molar-refractivity contribution in [2.24, 2.45) is 0 Å². The van der Waals surface area contributed by atoms with Crippen LogP contribution in [0, 0.1) is 13.8 Å². The first kappa shape index (κ1) is 24.9. The number of carbonyl (C=O) groups excluding carboxylic acids is 1. The van der Waals surface area contributed by atoms with E-state index in [1.54, 1.807) is 17.5 Å². The topological polar surface area (TPSA) is 94.3 Å². The zero-order valence-corrected chi connectivity index (χ0v) is 21.8. The molecule has 3 aromatic heterocycles. The van der Waals surface area contributed by atoms with Gasteiger partial charge in [-0.2, -0.15) is 0 Å². The second-order valence-corrected chi connectivity index (χ2v) is 10.7. The molecule has 0 atom stereocenters. The summed E-state index contributed by atoms with van der Waals surface area (Å²) in [5, 5.41) is 11.7. The Morgan fingerprint density at radius 1 is 1.16 bits per heavy atom. The van der Waals surface area contributed by atoms with Crippen molar-refractivity contribution < 1.29 is 19.4 Å². The van der Waals surface area contributed by atoms with Gasteiger partial charge in [0.1, 0.15) is 0 Å². The molecule has 37 heavy (non-hydrogen) atoms. The van der Waals surface area contributed by atoms with Gasteiger partial charge < -0.3 is 14.4 Å². The molecule has 4 aromatic rings. The predicted molar refractivity (Wildman–Crippen MR) is 145 cm³/mol. The number of benzene rings is 1. The number of carboxylic acid groups (broad SMARTS) is 1. The van der Waals surface area contributed by atoms with Gasteiger partial charge in [0, 0.05) is 29.3 Å². The Bertz CT molecular complexity index is 1510. The maximum atomic E-state index is 12.1. The Morgan fingerprint density at radius 2 is 1.95 bits per heavy atom. The fraction of sp³-hybridized carbons (Fsp3) is 0.310. The molecule has 3 heterocycles. The van der Waals surface area contributed by atoms with E-state index in [0.717, 1.165) is 75.2 Å². The number of carbonyl (C=O) groups is 2. The highest BCUT2D eigenvalue weighted by Gasteiger charge is 2.27.